The Balaban J connectivity index is 1.57. The van der Waals surface area contributed by atoms with Crippen LogP contribution in [0.2, 0.25) is 0 Å². The molecule has 176 valence electrons. The van der Waals surface area contributed by atoms with Crippen molar-refractivity contribution >= 4 is 33.9 Å². The lowest BCUT2D eigenvalue weighted by Gasteiger charge is -2.14. The van der Waals surface area contributed by atoms with Gasteiger partial charge >= 0.3 is 0 Å². The summed E-state index contributed by atoms with van der Waals surface area (Å²) in [5.74, 6) is 0.105. The fraction of sp³-hybridized carbons (Fsp3) is 0.207. The topological polar surface area (TPSA) is 85.8 Å². The molecule has 0 aliphatic heterocycles. The summed E-state index contributed by atoms with van der Waals surface area (Å²) < 4.78 is 1.85. The van der Waals surface area contributed by atoms with Crippen LogP contribution in [-0.4, -0.2) is 26.5 Å². The largest absolute Gasteiger partial charge is 0.384 e. The van der Waals surface area contributed by atoms with Gasteiger partial charge in [0, 0.05) is 11.7 Å². The molecule has 0 fully saturated rings. The molecule has 3 N–H and O–H groups in total. The maximum atomic E-state index is 13.5. The number of para-hydroxylation sites is 2. The van der Waals surface area contributed by atoms with Crippen LogP contribution in [0.3, 0.4) is 0 Å². The number of nitrogens with two attached hydrogens (primary N) is 1. The molecule has 6 heteroatoms. The monoisotopic (exact) mass is 463 g/mol. The van der Waals surface area contributed by atoms with E-state index in [0.717, 1.165) is 40.7 Å². The van der Waals surface area contributed by atoms with E-state index in [4.69, 9.17) is 15.7 Å². The Bertz CT molecular complexity index is 1520. The number of nitrogen functional groups attached to an aromatic ring is 1. The number of carbonyl (C=O) groups excluding carboxylic acids is 1. The summed E-state index contributed by atoms with van der Waals surface area (Å²) in [5.41, 5.74) is 13.9. The highest BCUT2D eigenvalue weighted by atomic mass is 16.1. The minimum atomic E-state index is -0.235. The number of aryl methyl sites for hydroxylation is 3. The molecule has 0 spiro atoms. The van der Waals surface area contributed by atoms with Crippen LogP contribution in [0.5, 0.6) is 0 Å². The first-order valence-corrected chi connectivity index (χ1v) is 11.9. The van der Waals surface area contributed by atoms with Crippen molar-refractivity contribution in [2.24, 2.45) is 0 Å². The fourth-order valence-corrected chi connectivity index (χ4v) is 4.62. The highest BCUT2D eigenvalue weighted by molar-refractivity contribution is 6.11. The third kappa shape index (κ3) is 4.47. The zero-order valence-electron chi connectivity index (χ0n) is 20.2. The predicted octanol–water partition coefficient (Wildman–Crippen LogP) is 5.52. The Morgan fingerprint density at radius 3 is 2.26 bits per heavy atom. The molecular formula is C29H29N5O. The predicted molar refractivity (Wildman–Crippen MR) is 142 cm³/mol. The highest BCUT2D eigenvalue weighted by Crippen LogP contribution is 2.31. The van der Waals surface area contributed by atoms with Crippen molar-refractivity contribution < 1.29 is 4.79 Å². The molecule has 0 saturated carbocycles. The molecule has 0 radical (unpaired) electrons. The molecule has 6 nitrogen and oxygen atoms in total. The SMILES string of the molecule is Cc1cc(C)cc(-n2c(N)c(C(=O)NC(C)CCc3ccccc3)c3nc4ccccc4nc32)c1. The molecule has 5 aromatic rings. The molecule has 0 aliphatic carbocycles. The van der Waals surface area contributed by atoms with Crippen LogP contribution in [0.25, 0.3) is 27.9 Å². The molecule has 35 heavy (non-hydrogen) atoms. The molecule has 5 rings (SSSR count). The lowest BCUT2D eigenvalue weighted by molar-refractivity contribution is 0.0941. The van der Waals surface area contributed by atoms with Gasteiger partial charge in [-0.15, -0.1) is 0 Å². The molecule has 0 aliphatic rings. The van der Waals surface area contributed by atoms with Gasteiger partial charge < -0.3 is 11.1 Å². The fourth-order valence-electron chi connectivity index (χ4n) is 4.62. The smallest absolute Gasteiger partial charge is 0.257 e. The van der Waals surface area contributed by atoms with E-state index >= 15 is 0 Å². The minimum Gasteiger partial charge on any atom is -0.384 e. The molecule has 0 bridgehead atoms. The summed E-state index contributed by atoms with van der Waals surface area (Å²) in [6, 6.07) is 24.1. The van der Waals surface area contributed by atoms with E-state index in [2.05, 4.69) is 23.5 Å². The molecular weight excluding hydrogens is 434 g/mol. The van der Waals surface area contributed by atoms with E-state index in [1.54, 1.807) is 0 Å². The second-order valence-corrected chi connectivity index (χ2v) is 9.22. The Labute approximate surface area is 204 Å². The average Bonchev–Trinajstić information content (AvgIpc) is 3.12. The summed E-state index contributed by atoms with van der Waals surface area (Å²) in [6.07, 6.45) is 1.70. The first-order chi connectivity index (χ1) is 16.9. The number of hydrogen-bond acceptors (Lipinski definition) is 4. The molecule has 2 heterocycles. The summed E-state index contributed by atoms with van der Waals surface area (Å²) in [5, 5.41) is 3.13. The number of rotatable bonds is 6. The molecule has 2 aromatic heterocycles. The standard InChI is InChI=1S/C29H29N5O/c1-18-15-19(2)17-22(16-18)34-27(30)25(26-28(34)33-24-12-8-7-11-23(24)32-26)29(35)31-20(3)13-14-21-9-5-4-6-10-21/h4-12,15-17,20H,13-14,30H2,1-3H3,(H,31,35). The third-order valence-corrected chi connectivity index (χ3v) is 6.28. The van der Waals surface area contributed by atoms with Gasteiger partial charge in [-0.1, -0.05) is 48.5 Å². The Morgan fingerprint density at radius 1 is 0.943 bits per heavy atom. The number of fused-ring (bicyclic) bond motifs is 2. The van der Waals surface area contributed by atoms with E-state index in [1.165, 1.54) is 5.56 Å². The van der Waals surface area contributed by atoms with Crippen molar-refractivity contribution in [1.82, 2.24) is 19.9 Å². The number of anilines is 1. The maximum absolute atomic E-state index is 13.5. The van der Waals surface area contributed by atoms with Crippen molar-refractivity contribution in [3.05, 3.63) is 95.1 Å². The van der Waals surface area contributed by atoms with Gasteiger partial charge in [-0.05, 0) is 74.6 Å². The maximum Gasteiger partial charge on any atom is 0.257 e. The third-order valence-electron chi connectivity index (χ3n) is 6.28. The van der Waals surface area contributed by atoms with E-state index in [9.17, 15) is 4.79 Å². The van der Waals surface area contributed by atoms with Gasteiger partial charge in [0.1, 0.15) is 16.9 Å². The number of nitrogens with one attached hydrogen (secondary N) is 1. The van der Waals surface area contributed by atoms with Gasteiger partial charge in [-0.25, -0.2) is 9.97 Å². The average molecular weight is 464 g/mol. The lowest BCUT2D eigenvalue weighted by Crippen LogP contribution is -2.33. The lowest BCUT2D eigenvalue weighted by atomic mass is 10.1. The summed E-state index contributed by atoms with van der Waals surface area (Å²) in [7, 11) is 0. The molecule has 1 amide bonds. The van der Waals surface area contributed by atoms with Crippen LogP contribution >= 0.6 is 0 Å². The number of benzene rings is 3. The van der Waals surface area contributed by atoms with Gasteiger partial charge in [0.05, 0.1) is 11.0 Å². The van der Waals surface area contributed by atoms with E-state index in [-0.39, 0.29) is 11.9 Å². The van der Waals surface area contributed by atoms with E-state index in [1.807, 2.05) is 79.9 Å². The highest BCUT2D eigenvalue weighted by Gasteiger charge is 2.25. The second-order valence-electron chi connectivity index (χ2n) is 9.22. The first-order valence-electron chi connectivity index (χ1n) is 11.9. The zero-order valence-corrected chi connectivity index (χ0v) is 20.2. The van der Waals surface area contributed by atoms with Crippen LogP contribution < -0.4 is 11.1 Å². The van der Waals surface area contributed by atoms with Gasteiger partial charge in [0.15, 0.2) is 5.65 Å². The Hall–Kier alpha value is -4.19. The van der Waals surface area contributed by atoms with Crippen LogP contribution in [0, 0.1) is 13.8 Å². The number of aromatic nitrogens is 3. The van der Waals surface area contributed by atoms with Gasteiger partial charge in [0.2, 0.25) is 0 Å². The molecule has 1 unspecified atom stereocenters. The van der Waals surface area contributed by atoms with Crippen LogP contribution in [-0.2, 0) is 6.42 Å². The summed E-state index contributed by atoms with van der Waals surface area (Å²) in [6.45, 7) is 6.10. The van der Waals surface area contributed by atoms with Gasteiger partial charge in [-0.3, -0.25) is 9.36 Å². The first kappa shape index (κ1) is 22.6. The molecule has 0 saturated heterocycles. The summed E-state index contributed by atoms with van der Waals surface area (Å²) >= 11 is 0. The Morgan fingerprint density at radius 2 is 1.57 bits per heavy atom. The molecule has 3 aromatic carbocycles. The van der Waals surface area contributed by atoms with Crippen LogP contribution in [0.15, 0.2) is 72.8 Å². The van der Waals surface area contributed by atoms with E-state index < -0.39 is 0 Å². The van der Waals surface area contributed by atoms with E-state index in [0.29, 0.717) is 22.5 Å². The normalized spacial score (nSPS) is 12.2. The van der Waals surface area contributed by atoms with Crippen LogP contribution in [0.1, 0.15) is 40.4 Å². The Kier molecular flexibility index (Phi) is 5.95. The van der Waals surface area contributed by atoms with Crippen molar-refractivity contribution in [3.63, 3.8) is 0 Å². The zero-order chi connectivity index (χ0) is 24.5. The number of carbonyl (C=O) groups is 1. The van der Waals surface area contributed by atoms with Crippen molar-refractivity contribution in [2.75, 3.05) is 5.73 Å². The van der Waals surface area contributed by atoms with Crippen molar-refractivity contribution in [2.45, 2.75) is 39.7 Å². The number of amides is 1. The molecule has 1 atom stereocenters. The number of hydrogen-bond donors (Lipinski definition) is 2. The number of nitrogens with zero attached hydrogens (tertiary/aromatic N) is 3. The quantitative estimate of drug-likeness (QED) is 0.347. The van der Waals surface area contributed by atoms with Crippen molar-refractivity contribution in [1.29, 1.82) is 0 Å². The van der Waals surface area contributed by atoms with Gasteiger partial charge in [0.25, 0.3) is 5.91 Å². The van der Waals surface area contributed by atoms with Crippen molar-refractivity contribution in [3.8, 4) is 5.69 Å². The van der Waals surface area contributed by atoms with Crippen LogP contribution in [0.4, 0.5) is 5.82 Å². The summed E-state index contributed by atoms with van der Waals surface area (Å²) in [4.78, 5) is 23.2. The van der Waals surface area contributed by atoms with Gasteiger partial charge in [-0.2, -0.15) is 0 Å². The second kappa shape index (κ2) is 9.22. The minimum absolute atomic E-state index is 0.0323.